The monoisotopic (exact) mass is 519 g/mol. The summed E-state index contributed by atoms with van der Waals surface area (Å²) < 4.78 is 11.5. The number of nitrogens with one attached hydrogen (secondary N) is 3. The summed E-state index contributed by atoms with van der Waals surface area (Å²) in [6.07, 6.45) is 2.39. The number of rotatable bonds is 19. The van der Waals surface area contributed by atoms with Crippen molar-refractivity contribution >= 4 is 35.6 Å². The lowest BCUT2D eigenvalue weighted by molar-refractivity contribution is -0.129. The Morgan fingerprint density at radius 3 is 2.35 bits per heavy atom. The van der Waals surface area contributed by atoms with Gasteiger partial charge in [-0.3, -0.25) is 14.4 Å². The number of ketones is 2. The van der Waals surface area contributed by atoms with Crippen molar-refractivity contribution in [1.82, 2.24) is 10.6 Å². The molecule has 0 bridgehead atoms. The molecule has 2 atom stereocenters. The van der Waals surface area contributed by atoms with E-state index in [9.17, 15) is 24.0 Å². The van der Waals surface area contributed by atoms with Crippen molar-refractivity contribution in [2.75, 3.05) is 18.4 Å². The van der Waals surface area contributed by atoms with Crippen LogP contribution < -0.4 is 21.7 Å². The molecule has 1 rings (SSSR count). The van der Waals surface area contributed by atoms with E-state index in [4.69, 9.17) is 7.10 Å². The van der Waals surface area contributed by atoms with Gasteiger partial charge in [-0.2, -0.15) is 0 Å². The number of carbonyl (C=O) groups excluding carboxylic acids is 5. The number of benzene rings is 1. The molecule has 0 saturated carbocycles. The van der Waals surface area contributed by atoms with E-state index in [0.717, 1.165) is 11.3 Å². The average Bonchev–Trinajstić information content (AvgIpc) is 2.84. The van der Waals surface area contributed by atoms with E-state index in [1.807, 2.05) is 26.0 Å². The summed E-state index contributed by atoms with van der Waals surface area (Å²) in [5, 5.41) is 8.75. The molecule has 0 aliphatic carbocycles. The number of anilines is 1. The lowest BCUT2D eigenvalue weighted by Crippen LogP contribution is -2.45. The molecule has 10 heteroatoms. The molecule has 37 heavy (non-hydrogen) atoms. The molecule has 1 aromatic carbocycles. The van der Waals surface area contributed by atoms with Crippen LogP contribution in [0.2, 0.25) is 0 Å². The largest absolute Gasteiger partial charge is 0.463 e. The summed E-state index contributed by atoms with van der Waals surface area (Å²) in [6.45, 7) is 6.22. The maximum atomic E-state index is 13.2. The van der Waals surface area contributed by atoms with Gasteiger partial charge in [0, 0.05) is 38.0 Å². The number of amides is 3. The summed E-state index contributed by atoms with van der Waals surface area (Å²) in [5.74, 6) is -0.303. The molecule has 0 spiro atoms. The molecular formula is C27H42N4O6. The number of Topliss-reactive ketones (excluding diaryl/α,β-unsaturated/α-hetero) is 2. The third kappa shape index (κ3) is 14.7. The SMILES string of the molecule is [2H]C(=O)OCc1ccc(NC[C@H](CCCNC(N)=O)CC(=O)[C@@H](NC(=O)CCCCC(C)=O)C(C)C)cc1. The molecule has 0 aliphatic heterocycles. The first-order valence-corrected chi connectivity index (χ1v) is 12.8. The normalized spacial score (nSPS) is 12.7. The van der Waals surface area contributed by atoms with Gasteiger partial charge < -0.3 is 31.2 Å². The molecule has 0 aromatic heterocycles. The fraction of sp³-hybridized carbons (Fsp3) is 0.593. The molecular weight excluding hydrogens is 476 g/mol. The third-order valence-electron chi connectivity index (χ3n) is 5.94. The molecule has 0 aliphatic rings. The van der Waals surface area contributed by atoms with E-state index >= 15 is 0 Å². The van der Waals surface area contributed by atoms with Crippen molar-refractivity contribution in [3.63, 3.8) is 0 Å². The average molecular weight is 520 g/mol. The van der Waals surface area contributed by atoms with E-state index in [-0.39, 0.29) is 48.8 Å². The van der Waals surface area contributed by atoms with Crippen molar-refractivity contribution in [2.24, 2.45) is 17.6 Å². The molecule has 1 aromatic rings. The first-order chi connectivity index (χ1) is 18.0. The zero-order chi connectivity index (χ0) is 28.5. The first-order valence-electron chi connectivity index (χ1n) is 13.3. The number of hydrogen-bond donors (Lipinski definition) is 4. The van der Waals surface area contributed by atoms with Gasteiger partial charge in [0.1, 0.15) is 12.4 Å². The molecule has 0 fully saturated rings. The van der Waals surface area contributed by atoms with E-state index < -0.39 is 18.5 Å². The van der Waals surface area contributed by atoms with Crippen LogP contribution in [0.3, 0.4) is 0 Å². The van der Waals surface area contributed by atoms with E-state index in [1.54, 1.807) is 12.1 Å². The Bertz CT molecular complexity index is 923. The number of hydrogen-bond acceptors (Lipinski definition) is 7. The minimum absolute atomic E-state index is 0.0195. The Morgan fingerprint density at radius 1 is 1.08 bits per heavy atom. The highest BCUT2D eigenvalue weighted by Gasteiger charge is 2.26. The van der Waals surface area contributed by atoms with Crippen LogP contribution in [0.15, 0.2) is 24.3 Å². The molecule has 3 amide bonds. The minimum atomic E-state index is -1.09. The summed E-state index contributed by atoms with van der Waals surface area (Å²) in [4.78, 5) is 58.4. The van der Waals surface area contributed by atoms with Crippen LogP contribution in [0.4, 0.5) is 10.5 Å². The lowest BCUT2D eigenvalue weighted by atomic mass is 9.89. The molecule has 5 N–H and O–H groups in total. The lowest BCUT2D eigenvalue weighted by Gasteiger charge is -2.25. The van der Waals surface area contributed by atoms with Crippen LogP contribution in [0.5, 0.6) is 0 Å². The molecule has 10 nitrogen and oxygen atoms in total. The van der Waals surface area contributed by atoms with Crippen LogP contribution in [-0.2, 0) is 30.5 Å². The van der Waals surface area contributed by atoms with Crippen molar-refractivity contribution < 1.29 is 30.1 Å². The van der Waals surface area contributed by atoms with Gasteiger partial charge in [-0.25, -0.2) is 4.79 Å². The minimum Gasteiger partial charge on any atom is -0.463 e. The maximum absolute atomic E-state index is 13.2. The van der Waals surface area contributed by atoms with Gasteiger partial charge >= 0.3 is 6.03 Å². The third-order valence-corrected chi connectivity index (χ3v) is 5.94. The van der Waals surface area contributed by atoms with Gasteiger partial charge in [0.25, 0.3) is 6.45 Å². The summed E-state index contributed by atoms with van der Waals surface area (Å²) in [6, 6.07) is 6.00. The second-order valence-corrected chi connectivity index (χ2v) is 9.62. The van der Waals surface area contributed by atoms with Crippen LogP contribution >= 0.6 is 0 Å². The topological polar surface area (TPSA) is 157 Å². The van der Waals surface area contributed by atoms with Crippen molar-refractivity contribution in [1.29, 1.82) is 0 Å². The van der Waals surface area contributed by atoms with Gasteiger partial charge in [0.15, 0.2) is 7.15 Å². The standard InChI is InChI=1S/C27H42N4O6/c1-19(2)26(31-25(35)9-5-4-7-20(3)33)24(34)15-22(8-6-14-29-27(28)36)16-30-23-12-10-21(11-13-23)17-37-18-32/h10-13,18-19,22,26,30H,4-9,14-17H2,1-3H3,(H,31,35)(H3,28,29,36)/t22-,26+/m1/s1/i18D. The van der Waals surface area contributed by atoms with Crippen LogP contribution in [-0.4, -0.2) is 49.1 Å². The van der Waals surface area contributed by atoms with Crippen LogP contribution in [0.25, 0.3) is 0 Å². The van der Waals surface area contributed by atoms with Crippen molar-refractivity contribution in [2.45, 2.75) is 78.4 Å². The smallest absolute Gasteiger partial charge is 0.312 e. The number of ether oxygens (including phenoxy) is 1. The van der Waals surface area contributed by atoms with E-state index in [1.165, 1.54) is 6.92 Å². The number of unbranched alkanes of at least 4 members (excludes halogenated alkanes) is 1. The molecule has 0 radical (unpaired) electrons. The van der Waals surface area contributed by atoms with Crippen LogP contribution in [0.1, 0.15) is 72.7 Å². The van der Waals surface area contributed by atoms with Gasteiger partial charge in [-0.15, -0.1) is 0 Å². The molecule has 0 saturated heterocycles. The summed E-state index contributed by atoms with van der Waals surface area (Å²) in [7, 11) is 0. The highest BCUT2D eigenvalue weighted by atomic mass is 16.5. The number of nitrogens with two attached hydrogens (primary N) is 1. The first kappa shape index (κ1) is 29.8. The van der Waals surface area contributed by atoms with Crippen molar-refractivity contribution in [3.8, 4) is 0 Å². The molecule has 0 heterocycles. The number of carbonyl (C=O) groups is 5. The fourth-order valence-corrected chi connectivity index (χ4v) is 3.91. The second kappa shape index (κ2) is 17.9. The zero-order valence-electron chi connectivity index (χ0n) is 23.1. The zero-order valence-corrected chi connectivity index (χ0v) is 22.1. The molecule has 0 unspecified atom stereocenters. The summed E-state index contributed by atoms with van der Waals surface area (Å²) in [5.41, 5.74) is 6.71. The maximum Gasteiger partial charge on any atom is 0.312 e. The highest BCUT2D eigenvalue weighted by molar-refractivity contribution is 5.89. The van der Waals surface area contributed by atoms with Gasteiger partial charge in [0.05, 0.1) is 6.04 Å². The number of urea groups is 1. The molecule has 206 valence electrons. The van der Waals surface area contributed by atoms with Gasteiger partial charge in [0.2, 0.25) is 5.91 Å². The Balaban J connectivity index is 2.74. The Morgan fingerprint density at radius 2 is 1.76 bits per heavy atom. The van der Waals surface area contributed by atoms with Crippen LogP contribution in [0, 0.1) is 11.8 Å². The highest BCUT2D eigenvalue weighted by Crippen LogP contribution is 2.18. The number of primary amides is 1. The van der Waals surface area contributed by atoms with Gasteiger partial charge in [-0.05, 0) is 62.1 Å². The fourth-order valence-electron chi connectivity index (χ4n) is 3.91. The van der Waals surface area contributed by atoms with Gasteiger partial charge in [-0.1, -0.05) is 26.0 Å². The predicted molar refractivity (Wildman–Crippen MR) is 142 cm³/mol. The second-order valence-electron chi connectivity index (χ2n) is 9.62. The van der Waals surface area contributed by atoms with E-state index in [0.29, 0.717) is 45.2 Å². The summed E-state index contributed by atoms with van der Waals surface area (Å²) >= 11 is 0. The van der Waals surface area contributed by atoms with Crippen molar-refractivity contribution in [3.05, 3.63) is 29.8 Å². The Labute approximate surface area is 220 Å². The van der Waals surface area contributed by atoms with E-state index in [2.05, 4.69) is 20.7 Å². The Kier molecular flexibility index (Phi) is 14.4. The Hall–Kier alpha value is -3.43. The predicted octanol–water partition coefficient (Wildman–Crippen LogP) is 3.09. The quantitative estimate of drug-likeness (QED) is 0.162.